The smallest absolute Gasteiger partial charge is 0.0400 e. The SMILES string of the molecule is CN(N)N1CCc2ccccc2C1. The lowest BCUT2D eigenvalue weighted by Gasteiger charge is -2.32. The molecule has 0 amide bonds. The van der Waals surface area contributed by atoms with Gasteiger partial charge < -0.3 is 0 Å². The van der Waals surface area contributed by atoms with Crippen molar-refractivity contribution in [3.63, 3.8) is 0 Å². The number of nitrogens with two attached hydrogens (primary N) is 1. The molecule has 0 aliphatic carbocycles. The van der Waals surface area contributed by atoms with E-state index in [0.717, 1.165) is 19.5 Å². The van der Waals surface area contributed by atoms with Crippen LogP contribution in [0.3, 0.4) is 0 Å². The van der Waals surface area contributed by atoms with E-state index in [1.165, 1.54) is 11.1 Å². The molecule has 0 atom stereocenters. The van der Waals surface area contributed by atoms with Crippen molar-refractivity contribution in [1.29, 1.82) is 0 Å². The van der Waals surface area contributed by atoms with E-state index < -0.39 is 0 Å². The molecular weight excluding hydrogens is 162 g/mol. The third-order valence-corrected chi connectivity index (χ3v) is 2.56. The van der Waals surface area contributed by atoms with Crippen LogP contribution >= 0.6 is 0 Å². The van der Waals surface area contributed by atoms with E-state index in [1.807, 2.05) is 7.05 Å². The van der Waals surface area contributed by atoms with Crippen LogP contribution in [0.5, 0.6) is 0 Å². The summed E-state index contributed by atoms with van der Waals surface area (Å²) in [4.78, 5) is 0. The van der Waals surface area contributed by atoms with Crippen LogP contribution in [0.25, 0.3) is 0 Å². The molecule has 1 aromatic rings. The van der Waals surface area contributed by atoms with Crippen LogP contribution in [0.1, 0.15) is 11.1 Å². The lowest BCUT2D eigenvalue weighted by molar-refractivity contribution is -0.0146. The first-order chi connectivity index (χ1) is 6.27. The summed E-state index contributed by atoms with van der Waals surface area (Å²) in [5.74, 6) is 5.68. The Morgan fingerprint density at radius 1 is 1.31 bits per heavy atom. The van der Waals surface area contributed by atoms with Gasteiger partial charge in [0, 0.05) is 20.1 Å². The van der Waals surface area contributed by atoms with Gasteiger partial charge in [-0.3, -0.25) is 5.84 Å². The maximum absolute atomic E-state index is 5.68. The third kappa shape index (κ3) is 1.72. The molecule has 13 heavy (non-hydrogen) atoms. The molecule has 0 spiro atoms. The Bertz CT molecular complexity index is 296. The predicted octanol–water partition coefficient (Wildman–Crippen LogP) is 0.765. The van der Waals surface area contributed by atoms with Gasteiger partial charge in [0.15, 0.2) is 0 Å². The summed E-state index contributed by atoms with van der Waals surface area (Å²) in [7, 11) is 1.88. The fourth-order valence-electron chi connectivity index (χ4n) is 1.75. The molecule has 0 fully saturated rings. The van der Waals surface area contributed by atoms with Crippen molar-refractivity contribution >= 4 is 0 Å². The zero-order valence-corrected chi connectivity index (χ0v) is 7.90. The molecule has 3 heteroatoms. The maximum Gasteiger partial charge on any atom is 0.0400 e. The van der Waals surface area contributed by atoms with E-state index in [2.05, 4.69) is 29.3 Å². The van der Waals surface area contributed by atoms with Crippen LogP contribution in [0.2, 0.25) is 0 Å². The molecule has 0 unspecified atom stereocenters. The second kappa shape index (κ2) is 3.46. The van der Waals surface area contributed by atoms with Crippen LogP contribution in [0, 0.1) is 0 Å². The highest BCUT2D eigenvalue weighted by molar-refractivity contribution is 5.28. The normalized spacial score (nSPS) is 17.5. The van der Waals surface area contributed by atoms with Gasteiger partial charge in [-0.05, 0) is 17.5 Å². The van der Waals surface area contributed by atoms with Crippen molar-refractivity contribution in [2.24, 2.45) is 5.84 Å². The van der Waals surface area contributed by atoms with Crippen LogP contribution in [-0.4, -0.2) is 23.7 Å². The second-order valence-electron chi connectivity index (χ2n) is 3.48. The summed E-state index contributed by atoms with van der Waals surface area (Å²) >= 11 is 0. The number of benzene rings is 1. The summed E-state index contributed by atoms with van der Waals surface area (Å²) in [6.45, 7) is 1.95. The summed E-state index contributed by atoms with van der Waals surface area (Å²) in [6.07, 6.45) is 1.09. The number of rotatable bonds is 1. The summed E-state index contributed by atoms with van der Waals surface area (Å²) in [6, 6.07) is 8.55. The Morgan fingerprint density at radius 2 is 2.00 bits per heavy atom. The highest BCUT2D eigenvalue weighted by atomic mass is 15.7. The minimum atomic E-state index is 0.934. The Morgan fingerprint density at radius 3 is 2.69 bits per heavy atom. The van der Waals surface area contributed by atoms with E-state index >= 15 is 0 Å². The van der Waals surface area contributed by atoms with Gasteiger partial charge in [0.2, 0.25) is 0 Å². The molecule has 0 aromatic heterocycles. The topological polar surface area (TPSA) is 32.5 Å². The molecule has 70 valence electrons. The van der Waals surface area contributed by atoms with Gasteiger partial charge >= 0.3 is 0 Å². The van der Waals surface area contributed by atoms with Gasteiger partial charge in [0.05, 0.1) is 0 Å². The molecule has 0 saturated heterocycles. The lowest BCUT2D eigenvalue weighted by Crippen LogP contribution is -2.46. The first-order valence-electron chi connectivity index (χ1n) is 4.57. The first kappa shape index (κ1) is 8.69. The van der Waals surface area contributed by atoms with Crippen LogP contribution in [0.15, 0.2) is 24.3 Å². The monoisotopic (exact) mass is 177 g/mol. The predicted molar refractivity (Wildman–Crippen MR) is 52.5 cm³/mol. The highest BCUT2D eigenvalue weighted by Gasteiger charge is 2.16. The standard InChI is InChI=1S/C10H15N3/c1-12(11)13-7-6-9-4-2-3-5-10(9)8-13/h2-5H,6-8,11H2,1H3. The summed E-state index contributed by atoms with van der Waals surface area (Å²) < 4.78 is 0. The quantitative estimate of drug-likeness (QED) is 0.508. The Labute approximate surface area is 78.7 Å². The molecule has 2 rings (SSSR count). The van der Waals surface area contributed by atoms with E-state index in [4.69, 9.17) is 5.84 Å². The molecule has 0 saturated carbocycles. The number of hydrazine groups is 2. The average molecular weight is 177 g/mol. The highest BCUT2D eigenvalue weighted by Crippen LogP contribution is 2.17. The fraction of sp³-hybridized carbons (Fsp3) is 0.400. The molecule has 1 aliphatic rings. The van der Waals surface area contributed by atoms with Crippen LogP contribution in [0.4, 0.5) is 0 Å². The van der Waals surface area contributed by atoms with Crippen molar-refractivity contribution in [3.05, 3.63) is 35.4 Å². The molecular formula is C10H15N3. The van der Waals surface area contributed by atoms with Gasteiger partial charge in [-0.15, -0.1) is 0 Å². The van der Waals surface area contributed by atoms with Gasteiger partial charge in [0.25, 0.3) is 0 Å². The van der Waals surface area contributed by atoms with E-state index in [-0.39, 0.29) is 0 Å². The van der Waals surface area contributed by atoms with Gasteiger partial charge in [-0.1, -0.05) is 24.3 Å². The van der Waals surface area contributed by atoms with Gasteiger partial charge in [-0.2, -0.15) is 5.12 Å². The minimum Gasteiger partial charge on any atom is -0.255 e. The second-order valence-corrected chi connectivity index (χ2v) is 3.48. The van der Waals surface area contributed by atoms with Crippen molar-refractivity contribution in [3.8, 4) is 0 Å². The van der Waals surface area contributed by atoms with Crippen molar-refractivity contribution in [2.75, 3.05) is 13.6 Å². The average Bonchev–Trinajstić information content (AvgIpc) is 2.17. The number of nitrogens with zero attached hydrogens (tertiary/aromatic N) is 2. The molecule has 3 nitrogen and oxygen atoms in total. The third-order valence-electron chi connectivity index (χ3n) is 2.56. The Balaban J connectivity index is 2.20. The number of hydrogen-bond donors (Lipinski definition) is 1. The van der Waals surface area contributed by atoms with Crippen molar-refractivity contribution in [2.45, 2.75) is 13.0 Å². The number of hydrogen-bond acceptors (Lipinski definition) is 3. The van der Waals surface area contributed by atoms with E-state index in [0.29, 0.717) is 0 Å². The van der Waals surface area contributed by atoms with E-state index in [9.17, 15) is 0 Å². The molecule has 1 aliphatic heterocycles. The Kier molecular flexibility index (Phi) is 2.31. The van der Waals surface area contributed by atoms with Gasteiger partial charge in [-0.25, -0.2) is 5.01 Å². The zero-order chi connectivity index (χ0) is 9.26. The van der Waals surface area contributed by atoms with Crippen LogP contribution in [-0.2, 0) is 13.0 Å². The van der Waals surface area contributed by atoms with Crippen molar-refractivity contribution < 1.29 is 0 Å². The molecule has 1 heterocycles. The lowest BCUT2D eigenvalue weighted by atomic mass is 10.0. The maximum atomic E-state index is 5.68. The summed E-state index contributed by atoms with van der Waals surface area (Å²) in [5.41, 5.74) is 2.85. The molecule has 0 bridgehead atoms. The molecule has 1 aromatic carbocycles. The first-order valence-corrected chi connectivity index (χ1v) is 4.57. The van der Waals surface area contributed by atoms with Gasteiger partial charge in [0.1, 0.15) is 0 Å². The largest absolute Gasteiger partial charge is 0.255 e. The zero-order valence-electron chi connectivity index (χ0n) is 7.90. The molecule has 0 radical (unpaired) electrons. The summed E-state index contributed by atoms with van der Waals surface area (Å²) in [5, 5.41) is 3.82. The number of fused-ring (bicyclic) bond motifs is 1. The van der Waals surface area contributed by atoms with Crippen LogP contribution < -0.4 is 5.84 Å². The minimum absolute atomic E-state index is 0.934. The fourth-order valence-corrected chi connectivity index (χ4v) is 1.75. The van der Waals surface area contributed by atoms with E-state index in [1.54, 1.807) is 5.12 Å². The molecule has 2 N–H and O–H groups in total. The Hall–Kier alpha value is -0.900. The van der Waals surface area contributed by atoms with Crippen molar-refractivity contribution in [1.82, 2.24) is 10.1 Å².